The van der Waals surface area contributed by atoms with E-state index in [1.165, 1.54) is 16.7 Å². The molecular weight excluding hydrogens is 212 g/mol. The highest BCUT2D eigenvalue weighted by atomic mass is 16.3. The SMILES string of the molecule is CCC(O)C(O)CC(C)c1ccc(C)c(C)c1. The number of aliphatic hydroxyl groups excluding tert-OH is 2. The van der Waals surface area contributed by atoms with Gasteiger partial charge in [0.25, 0.3) is 0 Å². The van der Waals surface area contributed by atoms with E-state index in [0.29, 0.717) is 12.8 Å². The minimum absolute atomic E-state index is 0.269. The van der Waals surface area contributed by atoms with Crippen molar-refractivity contribution < 1.29 is 10.2 Å². The molecule has 96 valence electrons. The molecule has 17 heavy (non-hydrogen) atoms. The quantitative estimate of drug-likeness (QED) is 0.825. The van der Waals surface area contributed by atoms with Gasteiger partial charge in [-0.25, -0.2) is 0 Å². The Morgan fingerprint density at radius 3 is 2.24 bits per heavy atom. The van der Waals surface area contributed by atoms with Crippen molar-refractivity contribution in [1.82, 2.24) is 0 Å². The number of hydrogen-bond acceptors (Lipinski definition) is 2. The zero-order valence-corrected chi connectivity index (χ0v) is 11.3. The van der Waals surface area contributed by atoms with Crippen LogP contribution in [-0.4, -0.2) is 22.4 Å². The van der Waals surface area contributed by atoms with E-state index in [2.05, 4.69) is 39.0 Å². The van der Waals surface area contributed by atoms with Gasteiger partial charge in [0.1, 0.15) is 0 Å². The first-order valence-corrected chi connectivity index (χ1v) is 6.39. The van der Waals surface area contributed by atoms with Crippen molar-refractivity contribution in [2.75, 3.05) is 0 Å². The monoisotopic (exact) mass is 236 g/mol. The second kappa shape index (κ2) is 6.18. The minimum Gasteiger partial charge on any atom is -0.390 e. The summed E-state index contributed by atoms with van der Waals surface area (Å²) in [5.74, 6) is 0.269. The van der Waals surface area contributed by atoms with Gasteiger partial charge < -0.3 is 10.2 Å². The number of benzene rings is 1. The van der Waals surface area contributed by atoms with Crippen molar-refractivity contribution in [2.24, 2.45) is 0 Å². The molecule has 3 unspecified atom stereocenters. The van der Waals surface area contributed by atoms with Gasteiger partial charge >= 0.3 is 0 Å². The van der Waals surface area contributed by atoms with Gasteiger partial charge in [0, 0.05) is 0 Å². The zero-order chi connectivity index (χ0) is 13.0. The number of aryl methyl sites for hydroxylation is 2. The Morgan fingerprint density at radius 1 is 1.06 bits per heavy atom. The summed E-state index contributed by atoms with van der Waals surface area (Å²) in [4.78, 5) is 0. The van der Waals surface area contributed by atoms with Crippen LogP contribution >= 0.6 is 0 Å². The van der Waals surface area contributed by atoms with E-state index in [1.54, 1.807) is 0 Å². The summed E-state index contributed by atoms with van der Waals surface area (Å²) >= 11 is 0. The summed E-state index contributed by atoms with van der Waals surface area (Å²) in [5, 5.41) is 19.4. The Balaban J connectivity index is 2.69. The van der Waals surface area contributed by atoms with Crippen molar-refractivity contribution in [3.05, 3.63) is 34.9 Å². The zero-order valence-electron chi connectivity index (χ0n) is 11.3. The lowest BCUT2D eigenvalue weighted by atomic mass is 9.91. The van der Waals surface area contributed by atoms with Crippen molar-refractivity contribution >= 4 is 0 Å². The molecular formula is C15H24O2. The number of rotatable bonds is 5. The fourth-order valence-electron chi connectivity index (χ4n) is 2.00. The van der Waals surface area contributed by atoms with Crippen molar-refractivity contribution in [1.29, 1.82) is 0 Å². The first-order valence-electron chi connectivity index (χ1n) is 6.39. The van der Waals surface area contributed by atoms with Gasteiger partial charge in [-0.2, -0.15) is 0 Å². The fourth-order valence-corrected chi connectivity index (χ4v) is 2.00. The summed E-state index contributed by atoms with van der Waals surface area (Å²) in [6.07, 6.45) is -0.0289. The van der Waals surface area contributed by atoms with Crippen LogP contribution < -0.4 is 0 Å². The van der Waals surface area contributed by atoms with Crippen LogP contribution in [0.25, 0.3) is 0 Å². The highest BCUT2D eigenvalue weighted by Gasteiger charge is 2.18. The van der Waals surface area contributed by atoms with E-state index in [1.807, 2.05) is 6.92 Å². The lowest BCUT2D eigenvalue weighted by Gasteiger charge is -2.21. The summed E-state index contributed by atoms with van der Waals surface area (Å²) in [7, 11) is 0. The second-order valence-electron chi connectivity index (χ2n) is 5.02. The van der Waals surface area contributed by atoms with E-state index in [-0.39, 0.29) is 5.92 Å². The average molecular weight is 236 g/mol. The molecule has 0 heterocycles. The van der Waals surface area contributed by atoms with Gasteiger partial charge in [0.15, 0.2) is 0 Å². The molecule has 0 saturated carbocycles. The maximum Gasteiger partial charge on any atom is 0.0804 e. The third kappa shape index (κ3) is 3.83. The second-order valence-corrected chi connectivity index (χ2v) is 5.02. The van der Waals surface area contributed by atoms with E-state index in [4.69, 9.17) is 0 Å². The number of hydrogen-bond donors (Lipinski definition) is 2. The molecule has 1 aromatic carbocycles. The normalized spacial score (nSPS) is 16.6. The smallest absolute Gasteiger partial charge is 0.0804 e. The minimum atomic E-state index is -0.628. The van der Waals surface area contributed by atoms with Gasteiger partial charge in [-0.15, -0.1) is 0 Å². The predicted octanol–water partition coefficient (Wildman–Crippen LogP) is 2.93. The van der Waals surface area contributed by atoms with Crippen LogP contribution in [0, 0.1) is 13.8 Å². The van der Waals surface area contributed by atoms with Crippen LogP contribution in [0.3, 0.4) is 0 Å². The molecule has 1 rings (SSSR count). The molecule has 0 amide bonds. The van der Waals surface area contributed by atoms with E-state index < -0.39 is 12.2 Å². The molecule has 2 heteroatoms. The van der Waals surface area contributed by atoms with E-state index in [9.17, 15) is 10.2 Å². The van der Waals surface area contributed by atoms with Crippen LogP contribution in [0.15, 0.2) is 18.2 Å². The Labute approximate surface area is 104 Å². The number of aliphatic hydroxyl groups is 2. The van der Waals surface area contributed by atoms with Gasteiger partial charge in [-0.1, -0.05) is 32.0 Å². The first-order chi connectivity index (χ1) is 7.95. The molecule has 0 bridgehead atoms. The highest BCUT2D eigenvalue weighted by molar-refractivity contribution is 5.31. The van der Waals surface area contributed by atoms with E-state index >= 15 is 0 Å². The Kier molecular flexibility index (Phi) is 5.16. The Hall–Kier alpha value is -0.860. The molecule has 0 aliphatic heterocycles. The molecule has 2 N–H and O–H groups in total. The molecule has 0 saturated heterocycles. The van der Waals surface area contributed by atoms with Crippen molar-refractivity contribution in [2.45, 2.75) is 58.7 Å². The summed E-state index contributed by atoms with van der Waals surface area (Å²) < 4.78 is 0. The van der Waals surface area contributed by atoms with Crippen LogP contribution in [0.1, 0.15) is 49.3 Å². The van der Waals surface area contributed by atoms with Gasteiger partial charge in [-0.3, -0.25) is 0 Å². The van der Waals surface area contributed by atoms with Gasteiger partial charge in [-0.05, 0) is 49.3 Å². The fraction of sp³-hybridized carbons (Fsp3) is 0.600. The molecule has 0 spiro atoms. The molecule has 0 aliphatic rings. The summed E-state index contributed by atoms with van der Waals surface area (Å²) in [6, 6.07) is 6.40. The predicted molar refractivity (Wildman–Crippen MR) is 71.3 cm³/mol. The molecule has 0 radical (unpaired) electrons. The van der Waals surface area contributed by atoms with E-state index in [0.717, 1.165) is 0 Å². The van der Waals surface area contributed by atoms with Crippen LogP contribution in [-0.2, 0) is 0 Å². The lowest BCUT2D eigenvalue weighted by Crippen LogP contribution is -2.26. The lowest BCUT2D eigenvalue weighted by molar-refractivity contribution is 0.00953. The molecule has 2 nitrogen and oxygen atoms in total. The Morgan fingerprint density at radius 2 is 1.71 bits per heavy atom. The third-order valence-corrected chi connectivity index (χ3v) is 3.56. The summed E-state index contributed by atoms with van der Waals surface area (Å²) in [5.41, 5.74) is 3.80. The molecule has 0 fully saturated rings. The third-order valence-electron chi connectivity index (χ3n) is 3.56. The Bertz CT molecular complexity index is 360. The van der Waals surface area contributed by atoms with Crippen LogP contribution in [0.4, 0.5) is 0 Å². The largest absolute Gasteiger partial charge is 0.390 e. The van der Waals surface area contributed by atoms with Crippen molar-refractivity contribution in [3.8, 4) is 0 Å². The molecule has 3 atom stereocenters. The summed E-state index contributed by atoms with van der Waals surface area (Å²) in [6.45, 7) is 8.17. The van der Waals surface area contributed by atoms with Crippen LogP contribution in [0.2, 0.25) is 0 Å². The molecule has 1 aromatic rings. The topological polar surface area (TPSA) is 40.5 Å². The van der Waals surface area contributed by atoms with Gasteiger partial charge in [0.2, 0.25) is 0 Å². The maximum absolute atomic E-state index is 9.82. The average Bonchev–Trinajstić information content (AvgIpc) is 2.31. The van der Waals surface area contributed by atoms with Crippen LogP contribution in [0.5, 0.6) is 0 Å². The standard InChI is InChI=1S/C15H24O2/c1-5-14(16)15(17)9-12(4)13-7-6-10(2)11(3)8-13/h6-8,12,14-17H,5,9H2,1-4H3. The van der Waals surface area contributed by atoms with Gasteiger partial charge in [0.05, 0.1) is 12.2 Å². The first kappa shape index (κ1) is 14.2. The van der Waals surface area contributed by atoms with Crippen molar-refractivity contribution in [3.63, 3.8) is 0 Å². The molecule has 0 aromatic heterocycles. The highest BCUT2D eigenvalue weighted by Crippen LogP contribution is 2.24. The molecule has 0 aliphatic carbocycles. The maximum atomic E-state index is 9.82.